The first kappa shape index (κ1) is 16.2. The number of aromatic nitrogens is 6. The molecule has 1 aliphatic heterocycles. The molecule has 4 rings (SSSR count). The first-order chi connectivity index (χ1) is 12.8. The summed E-state index contributed by atoms with van der Waals surface area (Å²) in [5.74, 6) is 0.302. The lowest BCUT2D eigenvalue weighted by atomic mass is 10.00. The van der Waals surface area contributed by atoms with Crippen molar-refractivity contribution in [1.82, 2.24) is 34.6 Å². The maximum Gasteiger partial charge on any atom is 0.325 e. The van der Waals surface area contributed by atoms with Crippen LogP contribution < -0.4 is 5.32 Å². The summed E-state index contributed by atoms with van der Waals surface area (Å²) in [6, 6.07) is 5.07. The molecule has 1 aliphatic rings. The Balaban J connectivity index is 1.60. The van der Waals surface area contributed by atoms with E-state index in [0.717, 1.165) is 30.0 Å². The van der Waals surface area contributed by atoms with E-state index in [1.54, 1.807) is 28.4 Å². The van der Waals surface area contributed by atoms with Crippen LogP contribution >= 0.6 is 0 Å². The fourth-order valence-electron chi connectivity index (χ4n) is 3.19. The molecule has 3 aromatic heterocycles. The van der Waals surface area contributed by atoms with Gasteiger partial charge in [-0.1, -0.05) is 13.0 Å². The lowest BCUT2D eigenvalue weighted by Crippen LogP contribution is -2.43. The molecular formula is C17H20N8O. The second-order valence-electron chi connectivity index (χ2n) is 6.13. The molecule has 3 aromatic rings. The summed E-state index contributed by atoms with van der Waals surface area (Å²) in [5, 5.41) is 7.07. The van der Waals surface area contributed by atoms with E-state index < -0.39 is 0 Å². The number of aromatic amines is 1. The smallest absolute Gasteiger partial charge is 0.325 e. The molecule has 0 radical (unpaired) electrons. The number of carbonyl (C=O) groups is 1. The Kier molecular flexibility index (Phi) is 4.34. The summed E-state index contributed by atoms with van der Waals surface area (Å²) in [6.07, 6.45) is 6.67. The molecule has 0 saturated heterocycles. The number of amides is 2. The van der Waals surface area contributed by atoms with Crippen LogP contribution in [0.5, 0.6) is 0 Å². The normalized spacial score (nSPS) is 16.3. The summed E-state index contributed by atoms with van der Waals surface area (Å²) in [7, 11) is 0. The third-order valence-electron chi connectivity index (χ3n) is 4.36. The van der Waals surface area contributed by atoms with Crippen molar-refractivity contribution in [3.63, 3.8) is 0 Å². The van der Waals surface area contributed by atoms with Crippen LogP contribution in [0.2, 0.25) is 0 Å². The van der Waals surface area contributed by atoms with Gasteiger partial charge in [0.15, 0.2) is 0 Å². The molecule has 0 aliphatic carbocycles. The highest BCUT2D eigenvalue weighted by Gasteiger charge is 2.35. The molecule has 9 nitrogen and oxygen atoms in total. The van der Waals surface area contributed by atoms with Crippen LogP contribution in [0, 0.1) is 0 Å². The number of carbonyl (C=O) groups excluding carboxylic acids is 1. The molecular weight excluding hydrogens is 332 g/mol. The standard InChI is InChI=1S/C17H20N8O/c1-2-8-24-11-21-16(23-24)22-17(26)25-9-6-12-14(20-10-19-12)15(25)13-5-3-4-7-18-13/h3-5,7,10-11,15H,2,6,8-9H2,1H3,(H,19,20)(H,22,23,26). The van der Waals surface area contributed by atoms with E-state index in [1.165, 1.54) is 0 Å². The third kappa shape index (κ3) is 3.03. The molecule has 2 N–H and O–H groups in total. The van der Waals surface area contributed by atoms with Crippen LogP contribution in [0.3, 0.4) is 0 Å². The van der Waals surface area contributed by atoms with Gasteiger partial charge in [-0.2, -0.15) is 0 Å². The number of urea groups is 1. The van der Waals surface area contributed by atoms with Gasteiger partial charge in [-0.25, -0.2) is 14.8 Å². The first-order valence-corrected chi connectivity index (χ1v) is 8.66. The molecule has 1 atom stereocenters. The maximum absolute atomic E-state index is 12.9. The number of rotatable bonds is 4. The number of nitrogens with one attached hydrogen (secondary N) is 2. The number of hydrogen-bond donors (Lipinski definition) is 2. The number of imidazole rings is 1. The summed E-state index contributed by atoms with van der Waals surface area (Å²) < 4.78 is 1.72. The second-order valence-corrected chi connectivity index (χ2v) is 6.13. The fourth-order valence-corrected chi connectivity index (χ4v) is 3.19. The summed E-state index contributed by atoms with van der Waals surface area (Å²) in [5.41, 5.74) is 2.64. The largest absolute Gasteiger partial charge is 0.348 e. The van der Waals surface area contributed by atoms with Gasteiger partial charge in [0.1, 0.15) is 12.4 Å². The van der Waals surface area contributed by atoms with Gasteiger partial charge in [-0.05, 0) is 18.6 Å². The van der Waals surface area contributed by atoms with E-state index in [4.69, 9.17) is 0 Å². The van der Waals surface area contributed by atoms with Crippen molar-refractivity contribution in [2.24, 2.45) is 0 Å². The van der Waals surface area contributed by atoms with Crippen molar-refractivity contribution in [1.29, 1.82) is 0 Å². The number of aryl methyl sites for hydroxylation is 1. The van der Waals surface area contributed by atoms with E-state index in [1.807, 2.05) is 18.2 Å². The Hall–Kier alpha value is -3.23. The van der Waals surface area contributed by atoms with Gasteiger partial charge in [0, 0.05) is 31.4 Å². The van der Waals surface area contributed by atoms with Crippen molar-refractivity contribution in [2.75, 3.05) is 11.9 Å². The van der Waals surface area contributed by atoms with Crippen molar-refractivity contribution in [3.8, 4) is 0 Å². The molecule has 4 heterocycles. The molecule has 1 unspecified atom stereocenters. The van der Waals surface area contributed by atoms with Gasteiger partial charge in [0.2, 0.25) is 5.95 Å². The molecule has 0 spiro atoms. The number of pyridine rings is 1. The quantitative estimate of drug-likeness (QED) is 0.747. The monoisotopic (exact) mass is 352 g/mol. The van der Waals surface area contributed by atoms with Crippen LogP contribution in [0.25, 0.3) is 0 Å². The van der Waals surface area contributed by atoms with Crippen LogP contribution in [0.1, 0.15) is 36.5 Å². The second kappa shape index (κ2) is 6.95. The molecule has 0 saturated carbocycles. The molecule has 9 heteroatoms. The van der Waals surface area contributed by atoms with E-state index in [9.17, 15) is 4.79 Å². The van der Waals surface area contributed by atoms with Crippen molar-refractivity contribution < 1.29 is 4.79 Å². The fraction of sp³-hybridized carbons (Fsp3) is 0.353. The van der Waals surface area contributed by atoms with E-state index in [2.05, 4.69) is 37.3 Å². The minimum Gasteiger partial charge on any atom is -0.348 e. The minimum atomic E-state index is -0.344. The zero-order valence-electron chi connectivity index (χ0n) is 14.5. The van der Waals surface area contributed by atoms with Gasteiger partial charge < -0.3 is 9.88 Å². The average Bonchev–Trinajstić information content (AvgIpc) is 3.31. The number of hydrogen-bond acceptors (Lipinski definition) is 5. The zero-order chi connectivity index (χ0) is 17.9. The molecule has 0 fully saturated rings. The highest BCUT2D eigenvalue weighted by atomic mass is 16.2. The SMILES string of the molecule is CCCn1cnc(NC(=O)N2CCc3[nH]cnc3C2c2ccccn2)n1. The Labute approximate surface area is 150 Å². The van der Waals surface area contributed by atoms with Crippen molar-refractivity contribution in [2.45, 2.75) is 32.4 Å². The topological polar surface area (TPSA) is 105 Å². The number of fused-ring (bicyclic) bond motifs is 1. The summed E-state index contributed by atoms with van der Waals surface area (Å²) in [4.78, 5) is 30.8. The van der Waals surface area contributed by atoms with E-state index in [-0.39, 0.29) is 12.1 Å². The number of anilines is 1. The average molecular weight is 352 g/mol. The highest BCUT2D eigenvalue weighted by Crippen LogP contribution is 2.32. The third-order valence-corrected chi connectivity index (χ3v) is 4.36. The van der Waals surface area contributed by atoms with Gasteiger partial charge in [0.05, 0.1) is 17.7 Å². The Bertz CT molecular complexity index is 887. The van der Waals surface area contributed by atoms with Gasteiger partial charge in [-0.15, -0.1) is 5.10 Å². The highest BCUT2D eigenvalue weighted by molar-refractivity contribution is 5.88. The number of H-pyrrole nitrogens is 1. The first-order valence-electron chi connectivity index (χ1n) is 8.66. The molecule has 0 bridgehead atoms. The molecule has 134 valence electrons. The summed E-state index contributed by atoms with van der Waals surface area (Å²) in [6.45, 7) is 3.38. The minimum absolute atomic E-state index is 0.261. The molecule has 2 amide bonds. The lowest BCUT2D eigenvalue weighted by molar-refractivity contribution is 0.191. The molecule has 26 heavy (non-hydrogen) atoms. The van der Waals surface area contributed by atoms with Crippen LogP contribution in [-0.2, 0) is 13.0 Å². The Morgan fingerprint density at radius 1 is 1.35 bits per heavy atom. The zero-order valence-corrected chi connectivity index (χ0v) is 14.5. The van der Waals surface area contributed by atoms with E-state index in [0.29, 0.717) is 18.9 Å². The Morgan fingerprint density at radius 3 is 3.08 bits per heavy atom. The number of nitrogens with zero attached hydrogens (tertiary/aromatic N) is 6. The van der Waals surface area contributed by atoms with Crippen LogP contribution in [0.4, 0.5) is 10.7 Å². The van der Waals surface area contributed by atoms with Crippen molar-refractivity contribution in [3.05, 3.63) is 54.1 Å². The van der Waals surface area contributed by atoms with E-state index >= 15 is 0 Å². The predicted molar refractivity (Wildman–Crippen MR) is 94.4 cm³/mol. The van der Waals surface area contributed by atoms with Crippen molar-refractivity contribution >= 4 is 12.0 Å². The maximum atomic E-state index is 12.9. The predicted octanol–water partition coefficient (Wildman–Crippen LogP) is 1.99. The van der Waals surface area contributed by atoms with Crippen LogP contribution in [-0.4, -0.2) is 47.2 Å². The lowest BCUT2D eigenvalue weighted by Gasteiger charge is -2.34. The Morgan fingerprint density at radius 2 is 2.27 bits per heavy atom. The molecule has 0 aromatic carbocycles. The van der Waals surface area contributed by atoms with Gasteiger partial charge >= 0.3 is 6.03 Å². The van der Waals surface area contributed by atoms with Gasteiger partial charge in [-0.3, -0.25) is 15.0 Å². The van der Waals surface area contributed by atoms with Gasteiger partial charge in [0.25, 0.3) is 0 Å². The van der Waals surface area contributed by atoms with Crippen LogP contribution in [0.15, 0.2) is 37.1 Å². The summed E-state index contributed by atoms with van der Waals surface area (Å²) >= 11 is 0.